The van der Waals surface area contributed by atoms with E-state index in [0.717, 1.165) is 16.3 Å². The van der Waals surface area contributed by atoms with Crippen molar-refractivity contribution < 1.29 is 5.11 Å². The van der Waals surface area contributed by atoms with Gasteiger partial charge in [-0.1, -0.05) is 23.7 Å². The summed E-state index contributed by atoms with van der Waals surface area (Å²) in [7, 11) is 0. The van der Waals surface area contributed by atoms with E-state index in [9.17, 15) is 0 Å². The van der Waals surface area contributed by atoms with Gasteiger partial charge in [0.2, 0.25) is 0 Å². The van der Waals surface area contributed by atoms with Crippen LogP contribution in [0, 0.1) is 0 Å². The average Bonchev–Trinajstić information content (AvgIpc) is 2.16. The number of halogens is 1. The van der Waals surface area contributed by atoms with E-state index in [-0.39, 0.29) is 12.5 Å². The third-order valence-corrected chi connectivity index (χ3v) is 2.92. The molecule has 0 aliphatic heterocycles. The van der Waals surface area contributed by atoms with Gasteiger partial charge in [-0.15, -0.1) is 0 Å². The monoisotopic (exact) mass is 216 g/mol. The predicted octanol–water partition coefficient (Wildman–Crippen LogP) is 2.78. The lowest BCUT2D eigenvalue weighted by molar-refractivity contribution is 0.275. The molecule has 0 aliphatic carbocycles. The third-order valence-electron chi connectivity index (χ3n) is 1.93. The Morgan fingerprint density at radius 2 is 2.00 bits per heavy atom. The lowest BCUT2D eigenvalue weighted by atomic mass is 10.0. The number of thioether (sulfide) groups is 1. The van der Waals surface area contributed by atoms with Crippen LogP contribution in [0.3, 0.4) is 0 Å². The minimum Gasteiger partial charge on any atom is -0.396 e. The second-order valence-corrected chi connectivity index (χ2v) is 4.23. The van der Waals surface area contributed by atoms with E-state index in [4.69, 9.17) is 16.7 Å². The number of benzene rings is 1. The van der Waals surface area contributed by atoms with Crippen LogP contribution in [0.25, 0.3) is 0 Å². The predicted molar refractivity (Wildman–Crippen MR) is 59.7 cm³/mol. The zero-order chi connectivity index (χ0) is 9.68. The van der Waals surface area contributed by atoms with E-state index < -0.39 is 0 Å². The van der Waals surface area contributed by atoms with Crippen LogP contribution < -0.4 is 0 Å². The fourth-order valence-corrected chi connectivity index (χ4v) is 2.02. The first kappa shape index (κ1) is 10.9. The Labute approximate surface area is 88.1 Å². The minimum atomic E-state index is 0.197. The summed E-state index contributed by atoms with van der Waals surface area (Å²) in [5.41, 5.74) is 1.15. The Balaban J connectivity index is 2.73. The van der Waals surface area contributed by atoms with Crippen molar-refractivity contribution in [2.45, 2.75) is 5.92 Å². The molecule has 1 nitrogen and oxygen atoms in total. The fourth-order valence-electron chi connectivity index (χ4n) is 1.19. The summed E-state index contributed by atoms with van der Waals surface area (Å²) < 4.78 is 0. The molecular formula is C10H13ClOS. The molecule has 0 heterocycles. The van der Waals surface area contributed by atoms with E-state index in [2.05, 4.69) is 0 Å². The highest BCUT2D eigenvalue weighted by molar-refractivity contribution is 7.98. The van der Waals surface area contributed by atoms with Crippen LogP contribution in [0.4, 0.5) is 0 Å². The summed E-state index contributed by atoms with van der Waals surface area (Å²) in [5.74, 6) is 1.17. The Kier molecular flexibility index (Phi) is 4.64. The molecule has 1 rings (SSSR count). The van der Waals surface area contributed by atoms with Gasteiger partial charge < -0.3 is 5.11 Å². The van der Waals surface area contributed by atoms with Crippen LogP contribution in [0.2, 0.25) is 5.02 Å². The van der Waals surface area contributed by atoms with Crippen LogP contribution in [-0.2, 0) is 0 Å². The van der Waals surface area contributed by atoms with Crippen molar-refractivity contribution in [1.82, 2.24) is 0 Å². The standard InChI is InChI=1S/C10H13ClOS/c1-13-7-9(6-12)8-2-4-10(11)5-3-8/h2-5,9,12H,6-7H2,1H3. The minimum absolute atomic E-state index is 0.197. The van der Waals surface area contributed by atoms with Crippen LogP contribution in [0.1, 0.15) is 11.5 Å². The number of hydrogen-bond acceptors (Lipinski definition) is 2. The molecule has 1 unspecified atom stereocenters. The number of aliphatic hydroxyl groups excluding tert-OH is 1. The maximum absolute atomic E-state index is 9.13. The summed E-state index contributed by atoms with van der Waals surface area (Å²) in [4.78, 5) is 0. The van der Waals surface area contributed by atoms with Crippen molar-refractivity contribution in [3.63, 3.8) is 0 Å². The van der Waals surface area contributed by atoms with Crippen LogP contribution in [0.15, 0.2) is 24.3 Å². The smallest absolute Gasteiger partial charge is 0.0507 e. The summed E-state index contributed by atoms with van der Waals surface area (Å²) in [5, 5.41) is 9.87. The first-order valence-electron chi connectivity index (χ1n) is 4.13. The van der Waals surface area contributed by atoms with Gasteiger partial charge >= 0.3 is 0 Å². The van der Waals surface area contributed by atoms with E-state index in [1.54, 1.807) is 11.8 Å². The maximum Gasteiger partial charge on any atom is 0.0507 e. The lowest BCUT2D eigenvalue weighted by Gasteiger charge is -2.12. The second-order valence-electron chi connectivity index (χ2n) is 2.89. The van der Waals surface area contributed by atoms with Crippen LogP contribution in [0.5, 0.6) is 0 Å². The zero-order valence-corrected chi connectivity index (χ0v) is 9.11. The summed E-state index contributed by atoms with van der Waals surface area (Å²) in [6.45, 7) is 0.197. The third kappa shape index (κ3) is 3.22. The summed E-state index contributed by atoms with van der Waals surface area (Å²) >= 11 is 7.51. The Morgan fingerprint density at radius 1 is 1.38 bits per heavy atom. The SMILES string of the molecule is CSCC(CO)c1ccc(Cl)cc1. The van der Waals surface area contributed by atoms with E-state index in [1.165, 1.54) is 0 Å². The number of rotatable bonds is 4. The molecule has 3 heteroatoms. The van der Waals surface area contributed by atoms with Gasteiger partial charge in [0.1, 0.15) is 0 Å². The Morgan fingerprint density at radius 3 is 2.46 bits per heavy atom. The van der Waals surface area contributed by atoms with Crippen molar-refractivity contribution in [3.8, 4) is 0 Å². The molecule has 1 atom stereocenters. The quantitative estimate of drug-likeness (QED) is 0.836. The second kappa shape index (κ2) is 5.53. The average molecular weight is 217 g/mol. The molecular weight excluding hydrogens is 204 g/mol. The van der Waals surface area contributed by atoms with Crippen LogP contribution in [-0.4, -0.2) is 23.7 Å². The first-order chi connectivity index (χ1) is 6.27. The maximum atomic E-state index is 9.13. The van der Waals surface area contributed by atoms with Crippen LogP contribution >= 0.6 is 23.4 Å². The molecule has 0 aliphatic rings. The molecule has 13 heavy (non-hydrogen) atoms. The number of aliphatic hydroxyl groups is 1. The molecule has 0 fully saturated rings. The van der Waals surface area contributed by atoms with Crippen molar-refractivity contribution in [3.05, 3.63) is 34.9 Å². The van der Waals surface area contributed by atoms with Crippen molar-refractivity contribution in [2.75, 3.05) is 18.6 Å². The normalized spacial score (nSPS) is 12.8. The summed E-state index contributed by atoms with van der Waals surface area (Å²) in [6, 6.07) is 7.67. The molecule has 1 aromatic carbocycles. The Hall–Kier alpha value is -0.180. The Bertz CT molecular complexity index is 248. The molecule has 0 spiro atoms. The zero-order valence-electron chi connectivity index (χ0n) is 7.53. The molecule has 0 saturated carbocycles. The van der Waals surface area contributed by atoms with Crippen molar-refractivity contribution in [2.24, 2.45) is 0 Å². The summed E-state index contributed by atoms with van der Waals surface area (Å²) in [6.07, 6.45) is 2.04. The van der Waals surface area contributed by atoms with Gasteiger partial charge in [-0.25, -0.2) is 0 Å². The van der Waals surface area contributed by atoms with E-state index in [1.807, 2.05) is 30.5 Å². The number of hydrogen-bond donors (Lipinski definition) is 1. The molecule has 0 saturated heterocycles. The van der Waals surface area contributed by atoms with E-state index >= 15 is 0 Å². The lowest BCUT2D eigenvalue weighted by Crippen LogP contribution is -2.06. The molecule has 0 radical (unpaired) electrons. The van der Waals surface area contributed by atoms with Gasteiger partial charge in [0, 0.05) is 16.7 Å². The molecule has 0 bridgehead atoms. The highest BCUT2D eigenvalue weighted by Crippen LogP contribution is 2.20. The highest BCUT2D eigenvalue weighted by Gasteiger charge is 2.08. The van der Waals surface area contributed by atoms with Gasteiger partial charge in [-0.05, 0) is 24.0 Å². The molecule has 1 aromatic rings. The largest absolute Gasteiger partial charge is 0.396 e. The van der Waals surface area contributed by atoms with Crippen molar-refractivity contribution >= 4 is 23.4 Å². The van der Waals surface area contributed by atoms with Gasteiger partial charge in [0.05, 0.1) is 6.61 Å². The molecule has 1 N–H and O–H groups in total. The molecule has 0 aromatic heterocycles. The van der Waals surface area contributed by atoms with Gasteiger partial charge in [-0.2, -0.15) is 11.8 Å². The topological polar surface area (TPSA) is 20.2 Å². The van der Waals surface area contributed by atoms with E-state index in [0.29, 0.717) is 0 Å². The van der Waals surface area contributed by atoms with Gasteiger partial charge in [0.15, 0.2) is 0 Å². The molecule has 0 amide bonds. The van der Waals surface area contributed by atoms with Crippen molar-refractivity contribution in [1.29, 1.82) is 0 Å². The molecule has 72 valence electrons. The highest BCUT2D eigenvalue weighted by atomic mass is 35.5. The first-order valence-corrected chi connectivity index (χ1v) is 5.90. The van der Waals surface area contributed by atoms with Gasteiger partial charge in [0.25, 0.3) is 0 Å². The van der Waals surface area contributed by atoms with Gasteiger partial charge in [-0.3, -0.25) is 0 Å². The fraction of sp³-hybridized carbons (Fsp3) is 0.400.